The fourth-order valence-electron chi connectivity index (χ4n) is 3.00. The maximum Gasteiger partial charge on any atom is 0.119 e. The maximum absolute atomic E-state index is 9.94. The van der Waals surface area contributed by atoms with Crippen molar-refractivity contribution in [1.29, 1.82) is 0 Å². The molecule has 2 aromatic carbocycles. The summed E-state index contributed by atoms with van der Waals surface area (Å²) in [5, 5.41) is 9.94. The number of aliphatic hydroxyl groups is 1. The number of aryl methyl sites for hydroxylation is 2. The molecule has 0 radical (unpaired) electrons. The molecule has 1 atom stereocenters. The van der Waals surface area contributed by atoms with Crippen molar-refractivity contribution in [2.24, 2.45) is 0 Å². The number of methoxy groups -OCH3 is 1. The third-order valence-electron chi connectivity index (χ3n) is 4.26. The Kier molecular flexibility index (Phi) is 4.59. The van der Waals surface area contributed by atoms with E-state index in [2.05, 4.69) is 42.5 Å². The van der Waals surface area contributed by atoms with Crippen molar-refractivity contribution in [3.05, 3.63) is 70.8 Å². The monoisotopic (exact) mass is 294 g/mol. The fourth-order valence-corrected chi connectivity index (χ4v) is 3.00. The first kappa shape index (κ1) is 14.9. The lowest BCUT2D eigenvalue weighted by Gasteiger charge is -2.05. The smallest absolute Gasteiger partial charge is 0.119 e. The van der Waals surface area contributed by atoms with Gasteiger partial charge in [0, 0.05) is 0 Å². The molecule has 1 aliphatic rings. The number of fused-ring (bicyclic) bond motifs is 1. The van der Waals surface area contributed by atoms with Crippen LogP contribution in [0.4, 0.5) is 0 Å². The minimum atomic E-state index is -0.278. The summed E-state index contributed by atoms with van der Waals surface area (Å²) in [6.07, 6.45) is 7.91. The van der Waals surface area contributed by atoms with Gasteiger partial charge in [-0.1, -0.05) is 36.4 Å². The van der Waals surface area contributed by atoms with Gasteiger partial charge in [-0.25, -0.2) is 0 Å². The highest BCUT2D eigenvalue weighted by molar-refractivity contribution is 5.53. The molecule has 1 N–H and O–H groups in total. The minimum Gasteiger partial charge on any atom is -0.497 e. The van der Waals surface area contributed by atoms with Gasteiger partial charge in [0.15, 0.2) is 0 Å². The van der Waals surface area contributed by atoms with Crippen LogP contribution in [0.1, 0.15) is 41.2 Å². The average Bonchev–Trinajstić information content (AvgIpc) is 2.93. The molecule has 0 heterocycles. The van der Waals surface area contributed by atoms with Crippen LogP contribution < -0.4 is 4.74 Å². The standard InChI is InChI=1S/C20H22O2/c1-22-18-8-4-7-15(13-18)5-2-3-6-16-9-10-17-11-12-20(21)19(17)14-16/h3-4,6-10,13-14,20-21H,2,5,11-12H2,1H3. The van der Waals surface area contributed by atoms with Crippen LogP contribution in [0.25, 0.3) is 6.08 Å². The average molecular weight is 294 g/mol. The van der Waals surface area contributed by atoms with Gasteiger partial charge in [0.2, 0.25) is 0 Å². The highest BCUT2D eigenvalue weighted by Gasteiger charge is 2.19. The van der Waals surface area contributed by atoms with Gasteiger partial charge in [-0.15, -0.1) is 0 Å². The summed E-state index contributed by atoms with van der Waals surface area (Å²) in [6.45, 7) is 0. The summed E-state index contributed by atoms with van der Waals surface area (Å²) in [5.74, 6) is 0.911. The van der Waals surface area contributed by atoms with Crippen LogP contribution in [0.5, 0.6) is 5.75 Å². The lowest BCUT2D eigenvalue weighted by Crippen LogP contribution is -1.90. The van der Waals surface area contributed by atoms with Crippen LogP contribution in [0.2, 0.25) is 0 Å². The Hall–Kier alpha value is -2.06. The number of rotatable bonds is 5. The lowest BCUT2D eigenvalue weighted by atomic mass is 10.0. The van der Waals surface area contributed by atoms with Gasteiger partial charge < -0.3 is 9.84 Å². The molecular weight excluding hydrogens is 272 g/mol. The minimum absolute atomic E-state index is 0.278. The zero-order chi connectivity index (χ0) is 15.4. The molecule has 1 unspecified atom stereocenters. The number of benzene rings is 2. The first-order valence-electron chi connectivity index (χ1n) is 7.86. The van der Waals surface area contributed by atoms with Gasteiger partial charge in [-0.2, -0.15) is 0 Å². The molecule has 2 nitrogen and oxygen atoms in total. The Labute approximate surface area is 132 Å². The predicted octanol–water partition coefficient (Wildman–Crippen LogP) is 4.32. The Balaban J connectivity index is 1.59. The van der Waals surface area contributed by atoms with Crippen molar-refractivity contribution < 1.29 is 9.84 Å². The van der Waals surface area contributed by atoms with E-state index >= 15 is 0 Å². The van der Waals surface area contributed by atoms with Gasteiger partial charge in [0.25, 0.3) is 0 Å². The van der Waals surface area contributed by atoms with E-state index in [0.717, 1.165) is 37.0 Å². The molecular formula is C20H22O2. The van der Waals surface area contributed by atoms with Crippen LogP contribution in [0, 0.1) is 0 Å². The third-order valence-corrected chi connectivity index (χ3v) is 4.26. The van der Waals surface area contributed by atoms with Crippen LogP contribution >= 0.6 is 0 Å². The highest BCUT2D eigenvalue weighted by Crippen LogP contribution is 2.31. The zero-order valence-electron chi connectivity index (χ0n) is 13.0. The molecule has 3 rings (SSSR count). The van der Waals surface area contributed by atoms with Gasteiger partial charge >= 0.3 is 0 Å². The van der Waals surface area contributed by atoms with Crippen LogP contribution in [-0.4, -0.2) is 12.2 Å². The number of allylic oxidation sites excluding steroid dienone is 1. The SMILES string of the molecule is COc1cccc(CCC=Cc2ccc3c(c2)C(O)CC3)c1. The van der Waals surface area contributed by atoms with E-state index in [9.17, 15) is 5.11 Å². The van der Waals surface area contributed by atoms with Gasteiger partial charge in [0.1, 0.15) is 5.75 Å². The van der Waals surface area contributed by atoms with Gasteiger partial charge in [0.05, 0.1) is 13.2 Å². The number of hydrogen-bond acceptors (Lipinski definition) is 2. The van der Waals surface area contributed by atoms with E-state index in [1.807, 2.05) is 12.1 Å². The maximum atomic E-state index is 9.94. The number of hydrogen-bond donors (Lipinski definition) is 1. The Morgan fingerprint density at radius 3 is 3.00 bits per heavy atom. The van der Waals surface area contributed by atoms with E-state index < -0.39 is 0 Å². The van der Waals surface area contributed by atoms with Crippen LogP contribution in [0.3, 0.4) is 0 Å². The molecule has 1 aliphatic carbocycles. The normalized spacial score (nSPS) is 16.9. The number of aliphatic hydroxyl groups excluding tert-OH is 1. The van der Waals surface area contributed by atoms with Crippen molar-refractivity contribution >= 4 is 6.08 Å². The molecule has 0 aromatic heterocycles. The van der Waals surface area contributed by atoms with Gasteiger partial charge in [-0.05, 0) is 66.1 Å². The summed E-state index contributed by atoms with van der Waals surface area (Å²) in [7, 11) is 1.70. The summed E-state index contributed by atoms with van der Waals surface area (Å²) >= 11 is 0. The second-order valence-electron chi connectivity index (χ2n) is 5.81. The van der Waals surface area contributed by atoms with E-state index in [1.165, 1.54) is 16.7 Å². The van der Waals surface area contributed by atoms with E-state index in [1.54, 1.807) is 7.11 Å². The number of ether oxygens (including phenoxy) is 1. The Morgan fingerprint density at radius 1 is 1.23 bits per heavy atom. The summed E-state index contributed by atoms with van der Waals surface area (Å²) in [6, 6.07) is 14.6. The fraction of sp³-hybridized carbons (Fsp3) is 0.300. The molecule has 0 bridgehead atoms. The van der Waals surface area contributed by atoms with Crippen LogP contribution in [0.15, 0.2) is 48.5 Å². The zero-order valence-corrected chi connectivity index (χ0v) is 13.0. The summed E-state index contributed by atoms with van der Waals surface area (Å²) in [5.41, 5.74) is 4.86. The Morgan fingerprint density at radius 2 is 2.14 bits per heavy atom. The van der Waals surface area contributed by atoms with E-state index in [-0.39, 0.29) is 6.10 Å². The first-order chi connectivity index (χ1) is 10.8. The van der Waals surface area contributed by atoms with Crippen molar-refractivity contribution in [2.45, 2.75) is 31.8 Å². The quantitative estimate of drug-likeness (QED) is 0.890. The van der Waals surface area contributed by atoms with Gasteiger partial charge in [-0.3, -0.25) is 0 Å². The molecule has 2 aromatic rings. The third kappa shape index (κ3) is 3.40. The topological polar surface area (TPSA) is 29.5 Å². The second-order valence-corrected chi connectivity index (χ2v) is 5.81. The Bertz CT molecular complexity index is 673. The summed E-state index contributed by atoms with van der Waals surface area (Å²) < 4.78 is 5.24. The van der Waals surface area contributed by atoms with E-state index in [4.69, 9.17) is 4.74 Å². The highest BCUT2D eigenvalue weighted by atomic mass is 16.5. The molecule has 114 valence electrons. The first-order valence-corrected chi connectivity index (χ1v) is 7.86. The molecule has 0 saturated heterocycles. The van der Waals surface area contributed by atoms with Crippen molar-refractivity contribution in [1.82, 2.24) is 0 Å². The lowest BCUT2D eigenvalue weighted by molar-refractivity contribution is 0.180. The van der Waals surface area contributed by atoms with Crippen molar-refractivity contribution in [3.8, 4) is 5.75 Å². The molecule has 0 aliphatic heterocycles. The predicted molar refractivity (Wildman–Crippen MR) is 90.1 cm³/mol. The van der Waals surface area contributed by atoms with Crippen molar-refractivity contribution in [3.63, 3.8) is 0 Å². The van der Waals surface area contributed by atoms with Crippen LogP contribution in [-0.2, 0) is 12.8 Å². The largest absolute Gasteiger partial charge is 0.497 e. The molecule has 0 amide bonds. The summed E-state index contributed by atoms with van der Waals surface area (Å²) in [4.78, 5) is 0. The van der Waals surface area contributed by atoms with Crippen molar-refractivity contribution in [2.75, 3.05) is 7.11 Å². The molecule has 0 saturated carbocycles. The molecule has 2 heteroatoms. The molecule has 0 spiro atoms. The molecule has 22 heavy (non-hydrogen) atoms. The van der Waals surface area contributed by atoms with E-state index in [0.29, 0.717) is 0 Å². The molecule has 0 fully saturated rings. The second kappa shape index (κ2) is 6.80.